The molecule has 0 atom stereocenters. The number of hydrogen-bond acceptors (Lipinski definition) is 5. The number of halogens is 3. The number of carbonyl (C=O) groups is 1. The molecule has 27 heavy (non-hydrogen) atoms. The minimum absolute atomic E-state index is 0.184. The third-order valence-electron chi connectivity index (χ3n) is 4.12. The lowest BCUT2D eigenvalue weighted by atomic mass is 10.2. The Morgan fingerprint density at radius 3 is 2.30 bits per heavy atom. The fourth-order valence-electron chi connectivity index (χ4n) is 2.79. The summed E-state index contributed by atoms with van der Waals surface area (Å²) in [5, 5.41) is 5.98. The fraction of sp³-hybridized carbons (Fsp3) is 0.353. The van der Waals surface area contributed by atoms with Crippen LogP contribution in [-0.4, -0.2) is 58.4 Å². The number of ether oxygens (including phenoxy) is 1. The number of aromatic amines is 1. The standard InChI is InChI=1S/C17H17F3N4O3/c18-17(19,20)27-13-3-1-12(2-4-13)11-23-7-9-24(10-8-23)16(26)14-5-6-15(25)22-21-14/h1-6H,7-11H2,(H,22,25). The first kappa shape index (κ1) is 18.9. The molecule has 1 fully saturated rings. The zero-order valence-corrected chi connectivity index (χ0v) is 14.2. The molecule has 0 unspecified atom stereocenters. The van der Waals surface area contributed by atoms with Gasteiger partial charge in [0.15, 0.2) is 0 Å². The van der Waals surface area contributed by atoms with Crippen molar-refractivity contribution in [3.05, 3.63) is 58.0 Å². The molecule has 1 aromatic carbocycles. The summed E-state index contributed by atoms with van der Waals surface area (Å²) in [6.07, 6.45) is -4.70. The van der Waals surface area contributed by atoms with E-state index in [0.29, 0.717) is 32.7 Å². The van der Waals surface area contributed by atoms with Gasteiger partial charge in [-0.2, -0.15) is 5.10 Å². The molecule has 1 aromatic heterocycles. The van der Waals surface area contributed by atoms with Crippen LogP contribution >= 0.6 is 0 Å². The lowest BCUT2D eigenvalue weighted by Crippen LogP contribution is -2.48. The first-order valence-corrected chi connectivity index (χ1v) is 8.22. The number of aromatic nitrogens is 2. The van der Waals surface area contributed by atoms with E-state index in [1.807, 2.05) is 0 Å². The van der Waals surface area contributed by atoms with Crippen LogP contribution in [0, 0.1) is 0 Å². The number of carbonyl (C=O) groups excluding carboxylic acids is 1. The molecule has 0 saturated carbocycles. The highest BCUT2D eigenvalue weighted by molar-refractivity contribution is 5.92. The number of piperazine rings is 1. The van der Waals surface area contributed by atoms with Crippen LogP contribution in [0.1, 0.15) is 16.1 Å². The first-order valence-electron chi connectivity index (χ1n) is 8.22. The molecule has 2 aromatic rings. The maximum Gasteiger partial charge on any atom is 0.573 e. The number of rotatable bonds is 4. The number of alkyl halides is 3. The molecule has 1 saturated heterocycles. The fourth-order valence-corrected chi connectivity index (χ4v) is 2.79. The summed E-state index contributed by atoms with van der Waals surface area (Å²) in [5.74, 6) is -0.505. The monoisotopic (exact) mass is 382 g/mol. The Hall–Kier alpha value is -2.88. The Bertz CT molecular complexity index is 823. The maximum absolute atomic E-state index is 12.3. The Labute approximate surface area is 152 Å². The quantitative estimate of drug-likeness (QED) is 0.870. The Morgan fingerprint density at radius 1 is 1.07 bits per heavy atom. The highest BCUT2D eigenvalue weighted by Crippen LogP contribution is 2.23. The van der Waals surface area contributed by atoms with E-state index in [1.165, 1.54) is 24.3 Å². The molecule has 0 bridgehead atoms. The zero-order chi connectivity index (χ0) is 19.4. The lowest BCUT2D eigenvalue weighted by Gasteiger charge is -2.34. The van der Waals surface area contributed by atoms with E-state index in [1.54, 1.807) is 17.0 Å². The molecule has 10 heteroatoms. The van der Waals surface area contributed by atoms with Gasteiger partial charge in [0.1, 0.15) is 11.4 Å². The van der Waals surface area contributed by atoms with Crippen LogP contribution in [0.5, 0.6) is 5.75 Å². The van der Waals surface area contributed by atoms with Gasteiger partial charge in [-0.3, -0.25) is 14.5 Å². The molecule has 0 radical (unpaired) electrons. The predicted molar refractivity (Wildman–Crippen MR) is 89.2 cm³/mol. The Balaban J connectivity index is 1.51. The van der Waals surface area contributed by atoms with Gasteiger partial charge in [-0.15, -0.1) is 13.2 Å². The number of benzene rings is 1. The van der Waals surface area contributed by atoms with E-state index >= 15 is 0 Å². The topological polar surface area (TPSA) is 78.5 Å². The summed E-state index contributed by atoms with van der Waals surface area (Å²) in [5.41, 5.74) is 0.665. The smallest absolute Gasteiger partial charge is 0.406 e. The molecular formula is C17H17F3N4O3. The minimum atomic E-state index is -4.70. The number of hydrogen-bond donors (Lipinski definition) is 1. The van der Waals surface area contributed by atoms with Crippen LogP contribution in [-0.2, 0) is 6.54 Å². The van der Waals surface area contributed by atoms with Gasteiger partial charge in [-0.25, -0.2) is 5.10 Å². The van der Waals surface area contributed by atoms with Crippen molar-refractivity contribution < 1.29 is 22.7 Å². The van der Waals surface area contributed by atoms with Gasteiger partial charge in [0, 0.05) is 38.8 Å². The molecule has 2 heterocycles. The van der Waals surface area contributed by atoms with Crippen molar-refractivity contribution in [1.29, 1.82) is 0 Å². The van der Waals surface area contributed by atoms with Gasteiger partial charge in [-0.05, 0) is 23.8 Å². The summed E-state index contributed by atoms with van der Waals surface area (Å²) in [4.78, 5) is 27.1. The van der Waals surface area contributed by atoms with Gasteiger partial charge in [-0.1, -0.05) is 12.1 Å². The van der Waals surface area contributed by atoms with Crippen LogP contribution in [0.2, 0.25) is 0 Å². The van der Waals surface area contributed by atoms with E-state index in [4.69, 9.17) is 0 Å². The highest BCUT2D eigenvalue weighted by atomic mass is 19.4. The lowest BCUT2D eigenvalue weighted by molar-refractivity contribution is -0.274. The second-order valence-corrected chi connectivity index (χ2v) is 6.07. The van der Waals surface area contributed by atoms with Crippen LogP contribution in [0.15, 0.2) is 41.2 Å². The van der Waals surface area contributed by atoms with Crippen LogP contribution in [0.25, 0.3) is 0 Å². The van der Waals surface area contributed by atoms with E-state index in [9.17, 15) is 22.8 Å². The molecule has 1 amide bonds. The van der Waals surface area contributed by atoms with Crippen molar-refractivity contribution >= 4 is 5.91 Å². The van der Waals surface area contributed by atoms with Gasteiger partial charge in [0.05, 0.1) is 0 Å². The SMILES string of the molecule is O=C(c1ccc(=O)[nH]n1)N1CCN(Cc2ccc(OC(F)(F)F)cc2)CC1. The molecule has 0 aliphatic carbocycles. The average molecular weight is 382 g/mol. The number of H-pyrrole nitrogens is 1. The van der Waals surface area contributed by atoms with Crippen molar-refractivity contribution in [2.24, 2.45) is 0 Å². The normalized spacial score (nSPS) is 15.6. The van der Waals surface area contributed by atoms with Crippen molar-refractivity contribution in [3.8, 4) is 5.75 Å². The maximum atomic E-state index is 12.3. The summed E-state index contributed by atoms with van der Waals surface area (Å²) >= 11 is 0. The van der Waals surface area contributed by atoms with E-state index in [-0.39, 0.29) is 22.9 Å². The number of nitrogens with zero attached hydrogens (tertiary/aromatic N) is 3. The zero-order valence-electron chi connectivity index (χ0n) is 14.2. The van der Waals surface area contributed by atoms with E-state index in [2.05, 4.69) is 19.8 Å². The molecule has 0 spiro atoms. The van der Waals surface area contributed by atoms with Crippen LogP contribution < -0.4 is 10.3 Å². The van der Waals surface area contributed by atoms with Gasteiger partial charge in [0.2, 0.25) is 0 Å². The summed E-state index contributed by atoms with van der Waals surface area (Å²) in [6, 6.07) is 8.38. The average Bonchev–Trinajstić information content (AvgIpc) is 2.63. The number of amides is 1. The van der Waals surface area contributed by atoms with Crippen LogP contribution in [0.4, 0.5) is 13.2 Å². The van der Waals surface area contributed by atoms with Gasteiger partial charge < -0.3 is 9.64 Å². The van der Waals surface area contributed by atoms with Crippen molar-refractivity contribution in [2.45, 2.75) is 12.9 Å². The molecule has 1 aliphatic heterocycles. The Kier molecular flexibility index (Phi) is 5.45. The summed E-state index contributed by atoms with van der Waals surface area (Å²) in [7, 11) is 0. The van der Waals surface area contributed by atoms with Gasteiger partial charge in [0.25, 0.3) is 11.5 Å². The predicted octanol–water partition coefficient (Wildman–Crippen LogP) is 1.63. The second-order valence-electron chi connectivity index (χ2n) is 6.07. The summed E-state index contributed by atoms with van der Waals surface area (Å²) in [6.45, 7) is 2.79. The van der Waals surface area contributed by atoms with E-state index < -0.39 is 6.36 Å². The van der Waals surface area contributed by atoms with Crippen molar-refractivity contribution in [2.75, 3.05) is 26.2 Å². The minimum Gasteiger partial charge on any atom is -0.406 e. The highest BCUT2D eigenvalue weighted by Gasteiger charge is 2.31. The third-order valence-corrected chi connectivity index (χ3v) is 4.12. The first-order chi connectivity index (χ1) is 12.8. The van der Waals surface area contributed by atoms with E-state index in [0.717, 1.165) is 5.56 Å². The largest absolute Gasteiger partial charge is 0.573 e. The third kappa shape index (κ3) is 5.30. The molecule has 3 rings (SSSR count). The number of nitrogens with one attached hydrogen (secondary N) is 1. The van der Waals surface area contributed by atoms with Crippen LogP contribution in [0.3, 0.4) is 0 Å². The van der Waals surface area contributed by atoms with Crippen molar-refractivity contribution in [1.82, 2.24) is 20.0 Å². The summed E-state index contributed by atoms with van der Waals surface area (Å²) < 4.78 is 40.4. The van der Waals surface area contributed by atoms with Crippen molar-refractivity contribution in [3.63, 3.8) is 0 Å². The molecule has 1 N–H and O–H groups in total. The molecule has 7 nitrogen and oxygen atoms in total. The molecular weight excluding hydrogens is 365 g/mol. The molecule has 144 valence electrons. The Morgan fingerprint density at radius 2 is 1.74 bits per heavy atom. The second kappa shape index (κ2) is 7.78. The molecule has 1 aliphatic rings. The van der Waals surface area contributed by atoms with Gasteiger partial charge >= 0.3 is 6.36 Å².